The Labute approximate surface area is 121 Å². The van der Waals surface area contributed by atoms with E-state index in [0.29, 0.717) is 18.1 Å². The van der Waals surface area contributed by atoms with Crippen LogP contribution in [0.2, 0.25) is 0 Å². The van der Waals surface area contributed by atoms with Crippen molar-refractivity contribution in [2.75, 3.05) is 5.73 Å². The molecule has 2 N–H and O–H groups in total. The van der Waals surface area contributed by atoms with Crippen LogP contribution >= 0.6 is 0 Å². The number of nitrogen functional groups attached to an aromatic ring is 1. The molecule has 0 fully saturated rings. The zero-order valence-electron chi connectivity index (χ0n) is 12.1. The molecule has 2 rings (SSSR count). The average Bonchev–Trinajstić information content (AvgIpc) is 2.74. The minimum atomic E-state index is -1.49. The molecule has 0 aliphatic carbocycles. The molecule has 0 atom stereocenters. The number of rotatable bonds is 5. The van der Waals surface area contributed by atoms with Crippen molar-refractivity contribution in [3.05, 3.63) is 35.4 Å². The van der Waals surface area contributed by atoms with Gasteiger partial charge in [0.25, 0.3) is 0 Å². The smallest absolute Gasteiger partial charge is 0.194 e. The molecule has 0 radical (unpaired) electrons. The number of nitrogens with zero attached hydrogens (tertiary/aromatic N) is 2. The van der Waals surface area contributed by atoms with E-state index in [2.05, 4.69) is 4.98 Å². The quantitative estimate of drug-likeness (QED) is 0.850. The molecular formula is C15H18F3N3. The summed E-state index contributed by atoms with van der Waals surface area (Å²) in [6.45, 7) is 4.70. The third kappa shape index (κ3) is 2.89. The van der Waals surface area contributed by atoms with E-state index in [4.69, 9.17) is 5.73 Å². The number of hydrogen-bond donors (Lipinski definition) is 1. The molecule has 0 aliphatic rings. The summed E-state index contributed by atoms with van der Waals surface area (Å²) in [6, 6.07) is 1.84. The lowest BCUT2D eigenvalue weighted by atomic mass is 10.1. The molecule has 0 spiro atoms. The highest BCUT2D eigenvalue weighted by Crippen LogP contribution is 2.29. The Morgan fingerprint density at radius 2 is 1.71 bits per heavy atom. The zero-order chi connectivity index (χ0) is 15.6. The van der Waals surface area contributed by atoms with Gasteiger partial charge in [-0.1, -0.05) is 13.8 Å². The molecule has 0 unspecified atom stereocenters. The molecule has 0 amide bonds. The van der Waals surface area contributed by atoms with E-state index in [0.717, 1.165) is 37.2 Å². The van der Waals surface area contributed by atoms with Gasteiger partial charge in [0.15, 0.2) is 17.5 Å². The van der Waals surface area contributed by atoms with E-state index >= 15 is 0 Å². The largest absolute Gasteiger partial charge is 0.383 e. The Balaban J connectivity index is 2.56. The Kier molecular flexibility index (Phi) is 4.55. The summed E-state index contributed by atoms with van der Waals surface area (Å²) in [5, 5.41) is 0. The second-order valence-electron chi connectivity index (χ2n) is 4.92. The second kappa shape index (κ2) is 6.20. The van der Waals surface area contributed by atoms with Gasteiger partial charge < -0.3 is 10.3 Å². The maximum Gasteiger partial charge on any atom is 0.194 e. The van der Waals surface area contributed by atoms with Crippen LogP contribution in [0.1, 0.15) is 32.5 Å². The lowest BCUT2D eigenvalue weighted by molar-refractivity contribution is 0.447. The average molecular weight is 297 g/mol. The minimum Gasteiger partial charge on any atom is -0.383 e. The van der Waals surface area contributed by atoms with Crippen LogP contribution in [0.3, 0.4) is 0 Å². The highest BCUT2D eigenvalue weighted by atomic mass is 19.2. The second-order valence-corrected chi connectivity index (χ2v) is 4.92. The lowest BCUT2D eigenvalue weighted by Gasteiger charge is -2.07. The maximum absolute atomic E-state index is 13.4. The van der Waals surface area contributed by atoms with Crippen molar-refractivity contribution in [1.82, 2.24) is 9.55 Å². The fourth-order valence-corrected chi connectivity index (χ4v) is 2.31. The van der Waals surface area contributed by atoms with Crippen LogP contribution in [0.15, 0.2) is 12.1 Å². The van der Waals surface area contributed by atoms with Gasteiger partial charge in [-0.2, -0.15) is 0 Å². The molecule has 3 nitrogen and oxygen atoms in total. The number of imidazole rings is 1. The van der Waals surface area contributed by atoms with E-state index in [1.807, 2.05) is 18.4 Å². The van der Waals surface area contributed by atoms with Gasteiger partial charge in [-0.15, -0.1) is 0 Å². The summed E-state index contributed by atoms with van der Waals surface area (Å²) in [5.74, 6) is -2.85. The Morgan fingerprint density at radius 3 is 2.24 bits per heavy atom. The number of halogens is 3. The van der Waals surface area contributed by atoms with Gasteiger partial charge in [0.05, 0.1) is 0 Å². The molecule has 1 aromatic heterocycles. The molecule has 114 valence electrons. The molecule has 21 heavy (non-hydrogen) atoms. The lowest BCUT2D eigenvalue weighted by Crippen LogP contribution is -2.06. The monoisotopic (exact) mass is 297 g/mol. The fraction of sp³-hybridized carbons (Fsp3) is 0.400. The van der Waals surface area contributed by atoms with E-state index < -0.39 is 17.5 Å². The summed E-state index contributed by atoms with van der Waals surface area (Å²) < 4.78 is 41.6. The van der Waals surface area contributed by atoms with Gasteiger partial charge >= 0.3 is 0 Å². The van der Waals surface area contributed by atoms with Crippen molar-refractivity contribution >= 4 is 5.82 Å². The van der Waals surface area contributed by atoms with Crippen LogP contribution in [0.25, 0.3) is 11.3 Å². The van der Waals surface area contributed by atoms with Gasteiger partial charge in [-0.25, -0.2) is 18.2 Å². The van der Waals surface area contributed by atoms with Crippen molar-refractivity contribution < 1.29 is 13.2 Å². The van der Waals surface area contributed by atoms with Gasteiger partial charge in [0, 0.05) is 18.5 Å². The summed E-state index contributed by atoms with van der Waals surface area (Å²) in [5.41, 5.74) is 6.50. The Morgan fingerprint density at radius 1 is 1.10 bits per heavy atom. The summed E-state index contributed by atoms with van der Waals surface area (Å²) in [6.07, 6.45) is 2.46. The number of aromatic nitrogens is 2. The van der Waals surface area contributed by atoms with Gasteiger partial charge in [0.1, 0.15) is 17.3 Å². The van der Waals surface area contributed by atoms with Crippen LogP contribution in [-0.4, -0.2) is 9.55 Å². The molecule has 2 aromatic rings. The van der Waals surface area contributed by atoms with Crippen LogP contribution in [-0.2, 0) is 13.0 Å². The SMILES string of the molecule is CCCc1nc(-c2cc(F)c(F)c(F)c2)c(N)n1CCC. The van der Waals surface area contributed by atoms with Gasteiger partial charge in [0.2, 0.25) is 0 Å². The first-order chi connectivity index (χ1) is 9.99. The first-order valence-corrected chi connectivity index (χ1v) is 6.99. The summed E-state index contributed by atoms with van der Waals surface area (Å²) in [4.78, 5) is 4.38. The standard InChI is InChI=1S/C15H18F3N3/c1-3-5-12-20-14(15(19)21(12)6-4-2)9-7-10(16)13(18)11(17)8-9/h7-8H,3-6,19H2,1-2H3. The maximum atomic E-state index is 13.4. The highest BCUT2D eigenvalue weighted by Gasteiger charge is 2.18. The third-order valence-electron chi connectivity index (χ3n) is 3.26. The predicted octanol–water partition coefficient (Wildman–Crippen LogP) is 3.91. The van der Waals surface area contributed by atoms with Crippen molar-refractivity contribution in [3.8, 4) is 11.3 Å². The molecule has 0 saturated carbocycles. The third-order valence-corrected chi connectivity index (χ3v) is 3.26. The van der Waals surface area contributed by atoms with E-state index in [-0.39, 0.29) is 5.56 Å². The number of nitrogens with two attached hydrogens (primary N) is 1. The molecule has 1 aromatic carbocycles. The van der Waals surface area contributed by atoms with Crippen LogP contribution in [0, 0.1) is 17.5 Å². The van der Waals surface area contributed by atoms with Crippen molar-refractivity contribution in [2.24, 2.45) is 0 Å². The molecule has 0 bridgehead atoms. The van der Waals surface area contributed by atoms with Gasteiger partial charge in [-0.05, 0) is 25.0 Å². The van der Waals surface area contributed by atoms with Crippen LogP contribution < -0.4 is 5.73 Å². The molecule has 0 saturated heterocycles. The van der Waals surface area contributed by atoms with Gasteiger partial charge in [-0.3, -0.25) is 0 Å². The van der Waals surface area contributed by atoms with Crippen molar-refractivity contribution in [1.29, 1.82) is 0 Å². The topological polar surface area (TPSA) is 43.8 Å². The molecule has 1 heterocycles. The Bertz CT molecular complexity index is 627. The normalized spacial score (nSPS) is 11.1. The minimum absolute atomic E-state index is 0.149. The summed E-state index contributed by atoms with van der Waals surface area (Å²) >= 11 is 0. The van der Waals surface area contributed by atoms with E-state index in [9.17, 15) is 13.2 Å². The molecule has 0 aliphatic heterocycles. The highest BCUT2D eigenvalue weighted by molar-refractivity contribution is 5.71. The number of benzene rings is 1. The fourth-order valence-electron chi connectivity index (χ4n) is 2.31. The zero-order valence-corrected chi connectivity index (χ0v) is 12.1. The van der Waals surface area contributed by atoms with E-state index in [1.165, 1.54) is 0 Å². The van der Waals surface area contributed by atoms with Crippen LogP contribution in [0.4, 0.5) is 19.0 Å². The Hall–Kier alpha value is -1.98. The van der Waals surface area contributed by atoms with Crippen molar-refractivity contribution in [2.45, 2.75) is 39.7 Å². The molecule has 6 heteroatoms. The number of hydrogen-bond acceptors (Lipinski definition) is 2. The predicted molar refractivity (Wildman–Crippen MR) is 76.2 cm³/mol. The van der Waals surface area contributed by atoms with E-state index in [1.54, 1.807) is 0 Å². The number of anilines is 1. The number of aryl methyl sites for hydroxylation is 1. The first-order valence-electron chi connectivity index (χ1n) is 6.99. The first kappa shape index (κ1) is 15.4. The molecular weight excluding hydrogens is 279 g/mol. The van der Waals surface area contributed by atoms with Crippen molar-refractivity contribution in [3.63, 3.8) is 0 Å². The van der Waals surface area contributed by atoms with Crippen LogP contribution in [0.5, 0.6) is 0 Å². The summed E-state index contributed by atoms with van der Waals surface area (Å²) in [7, 11) is 0.